The van der Waals surface area contributed by atoms with Crippen LogP contribution in [0.15, 0.2) is 24.3 Å². The zero-order valence-corrected chi connectivity index (χ0v) is 10.2. The average Bonchev–Trinajstić information content (AvgIpc) is 2.36. The molecule has 0 amide bonds. The molecule has 3 nitrogen and oxygen atoms in total. The number of aliphatic hydroxyl groups excluding tert-OH is 1. The third-order valence-electron chi connectivity index (χ3n) is 1.98. The maximum absolute atomic E-state index is 10.5. The van der Waals surface area contributed by atoms with Crippen LogP contribution in [0.4, 0.5) is 0 Å². The Bertz CT molecular complexity index is 524. The molecule has 0 bridgehead atoms. The molecule has 0 spiro atoms. The Hall–Kier alpha value is -2.23. The molecule has 0 aliphatic heterocycles. The first kappa shape index (κ1) is 13.8. The molecular formula is C15H14O3. The Morgan fingerprint density at radius 3 is 2.39 bits per heavy atom. The van der Waals surface area contributed by atoms with Gasteiger partial charge in [0.25, 0.3) is 0 Å². The van der Waals surface area contributed by atoms with Crippen molar-refractivity contribution in [2.75, 3.05) is 13.2 Å². The Morgan fingerprint density at radius 1 is 1.22 bits per heavy atom. The summed E-state index contributed by atoms with van der Waals surface area (Å²) in [6.07, 6.45) is 0.487. The van der Waals surface area contributed by atoms with E-state index in [9.17, 15) is 4.79 Å². The molecule has 0 atom stereocenters. The molecule has 0 aliphatic carbocycles. The van der Waals surface area contributed by atoms with Crippen molar-refractivity contribution < 1.29 is 14.6 Å². The molecule has 1 rings (SSSR count). The fraction of sp³-hybridized carbons (Fsp3) is 0.267. The molecule has 3 heteroatoms. The van der Waals surface area contributed by atoms with Crippen molar-refractivity contribution >= 4 is 5.97 Å². The van der Waals surface area contributed by atoms with E-state index in [0.717, 1.165) is 11.1 Å². The Morgan fingerprint density at radius 2 is 1.83 bits per heavy atom. The summed E-state index contributed by atoms with van der Waals surface area (Å²) in [7, 11) is 0. The van der Waals surface area contributed by atoms with Gasteiger partial charge in [0.05, 0.1) is 0 Å². The molecule has 1 aromatic rings. The number of benzene rings is 1. The lowest BCUT2D eigenvalue weighted by atomic mass is 10.1. The summed E-state index contributed by atoms with van der Waals surface area (Å²) < 4.78 is 4.77. The maximum atomic E-state index is 10.5. The Labute approximate surface area is 107 Å². The van der Waals surface area contributed by atoms with Crippen LogP contribution in [-0.2, 0) is 9.53 Å². The van der Waals surface area contributed by atoms with Crippen LogP contribution < -0.4 is 0 Å². The van der Waals surface area contributed by atoms with E-state index in [0.29, 0.717) is 13.0 Å². The monoisotopic (exact) mass is 242 g/mol. The van der Waals surface area contributed by atoms with E-state index >= 15 is 0 Å². The van der Waals surface area contributed by atoms with Crippen LogP contribution in [0.1, 0.15) is 24.5 Å². The summed E-state index contributed by atoms with van der Waals surface area (Å²) >= 11 is 0. The standard InChI is InChI=1S/C15H14O3/c1-13(17)18-12-5-4-9-14-7-2-3-8-15(14)10-6-11-16/h2-3,7-8,16H,5,11-12H2,1H3. The molecule has 1 N–H and O–H groups in total. The minimum absolute atomic E-state index is 0.172. The summed E-state index contributed by atoms with van der Waals surface area (Å²) in [5, 5.41) is 8.66. The highest BCUT2D eigenvalue weighted by Crippen LogP contribution is 2.05. The molecule has 1 aromatic carbocycles. The largest absolute Gasteiger partial charge is 0.465 e. The van der Waals surface area contributed by atoms with Crippen molar-refractivity contribution in [3.8, 4) is 23.7 Å². The molecule has 0 aromatic heterocycles. The average molecular weight is 242 g/mol. The van der Waals surface area contributed by atoms with Crippen LogP contribution in [0.3, 0.4) is 0 Å². The lowest BCUT2D eigenvalue weighted by Crippen LogP contribution is -1.99. The number of rotatable bonds is 2. The maximum Gasteiger partial charge on any atom is 0.302 e. The quantitative estimate of drug-likeness (QED) is 0.483. The Balaban J connectivity index is 2.66. The van der Waals surface area contributed by atoms with Crippen molar-refractivity contribution in [1.82, 2.24) is 0 Å². The fourth-order valence-corrected chi connectivity index (χ4v) is 1.24. The molecule has 0 unspecified atom stereocenters. The zero-order valence-electron chi connectivity index (χ0n) is 10.2. The van der Waals surface area contributed by atoms with E-state index < -0.39 is 0 Å². The van der Waals surface area contributed by atoms with Gasteiger partial charge in [-0.2, -0.15) is 0 Å². The van der Waals surface area contributed by atoms with Gasteiger partial charge in [-0.1, -0.05) is 35.8 Å². The van der Waals surface area contributed by atoms with Gasteiger partial charge in [-0.3, -0.25) is 4.79 Å². The van der Waals surface area contributed by atoms with Gasteiger partial charge >= 0.3 is 5.97 Å². The Kier molecular flexibility index (Phi) is 6.11. The molecule has 0 saturated carbocycles. The second-order valence-electron chi connectivity index (χ2n) is 3.40. The molecule has 0 radical (unpaired) electrons. The lowest BCUT2D eigenvalue weighted by Gasteiger charge is -1.96. The van der Waals surface area contributed by atoms with Crippen LogP contribution in [0.2, 0.25) is 0 Å². The van der Waals surface area contributed by atoms with Crippen LogP contribution in [-0.4, -0.2) is 24.3 Å². The number of aliphatic hydroxyl groups is 1. The van der Waals surface area contributed by atoms with Crippen molar-refractivity contribution in [3.63, 3.8) is 0 Å². The second kappa shape index (κ2) is 7.95. The highest BCUT2D eigenvalue weighted by Gasteiger charge is 1.94. The molecule has 92 valence electrons. The van der Waals surface area contributed by atoms with Gasteiger partial charge in [0.15, 0.2) is 0 Å². The van der Waals surface area contributed by atoms with E-state index in [1.54, 1.807) is 0 Å². The van der Waals surface area contributed by atoms with Crippen LogP contribution in [0.5, 0.6) is 0 Å². The number of hydrogen-bond acceptors (Lipinski definition) is 3. The first-order valence-corrected chi connectivity index (χ1v) is 5.55. The molecule has 0 saturated heterocycles. The normalized spacial score (nSPS) is 8.56. The number of carbonyl (C=O) groups is 1. The summed E-state index contributed by atoms with van der Waals surface area (Å²) in [5.74, 6) is 11.0. The number of carbonyl (C=O) groups excluding carboxylic acids is 1. The van der Waals surface area contributed by atoms with E-state index in [1.165, 1.54) is 6.92 Å². The molecule has 0 fully saturated rings. The summed E-state index contributed by atoms with van der Waals surface area (Å²) in [6.45, 7) is 1.49. The van der Waals surface area contributed by atoms with E-state index in [4.69, 9.17) is 9.84 Å². The van der Waals surface area contributed by atoms with Gasteiger partial charge in [0.1, 0.15) is 13.2 Å². The fourth-order valence-electron chi connectivity index (χ4n) is 1.24. The summed E-state index contributed by atoms with van der Waals surface area (Å²) in [6, 6.07) is 7.45. The van der Waals surface area contributed by atoms with Crippen molar-refractivity contribution in [3.05, 3.63) is 35.4 Å². The number of hydrogen-bond donors (Lipinski definition) is 1. The van der Waals surface area contributed by atoms with Gasteiger partial charge in [-0.25, -0.2) is 0 Å². The van der Waals surface area contributed by atoms with E-state index in [1.807, 2.05) is 24.3 Å². The zero-order chi connectivity index (χ0) is 13.2. The van der Waals surface area contributed by atoms with Gasteiger partial charge in [-0.05, 0) is 12.1 Å². The summed E-state index contributed by atoms with van der Waals surface area (Å²) in [4.78, 5) is 10.5. The second-order valence-corrected chi connectivity index (χ2v) is 3.40. The summed E-state index contributed by atoms with van der Waals surface area (Å²) in [5.41, 5.74) is 1.59. The molecular weight excluding hydrogens is 228 g/mol. The van der Waals surface area contributed by atoms with Crippen molar-refractivity contribution in [2.24, 2.45) is 0 Å². The third-order valence-corrected chi connectivity index (χ3v) is 1.98. The van der Waals surface area contributed by atoms with E-state index in [-0.39, 0.29) is 12.6 Å². The van der Waals surface area contributed by atoms with Crippen LogP contribution in [0, 0.1) is 23.7 Å². The van der Waals surface area contributed by atoms with Gasteiger partial charge in [-0.15, -0.1) is 0 Å². The first-order chi connectivity index (χ1) is 8.74. The predicted molar refractivity (Wildman–Crippen MR) is 68.5 cm³/mol. The first-order valence-electron chi connectivity index (χ1n) is 5.55. The van der Waals surface area contributed by atoms with Gasteiger partial charge in [0.2, 0.25) is 0 Å². The molecule has 0 heterocycles. The third kappa shape index (κ3) is 5.21. The lowest BCUT2D eigenvalue weighted by molar-refractivity contribution is -0.140. The van der Waals surface area contributed by atoms with Crippen LogP contribution in [0.25, 0.3) is 0 Å². The highest BCUT2D eigenvalue weighted by molar-refractivity contribution is 5.65. The van der Waals surface area contributed by atoms with Crippen molar-refractivity contribution in [1.29, 1.82) is 0 Å². The SMILES string of the molecule is CC(=O)OCCC#Cc1ccccc1C#CCO. The minimum Gasteiger partial charge on any atom is -0.465 e. The predicted octanol–water partition coefficient (Wildman–Crippen LogP) is 1.34. The minimum atomic E-state index is -0.300. The molecule has 0 aliphatic rings. The van der Waals surface area contributed by atoms with Gasteiger partial charge in [0, 0.05) is 24.5 Å². The smallest absolute Gasteiger partial charge is 0.302 e. The van der Waals surface area contributed by atoms with E-state index in [2.05, 4.69) is 23.7 Å². The number of ether oxygens (including phenoxy) is 1. The highest BCUT2D eigenvalue weighted by atomic mass is 16.5. The van der Waals surface area contributed by atoms with Crippen molar-refractivity contribution in [2.45, 2.75) is 13.3 Å². The van der Waals surface area contributed by atoms with Gasteiger partial charge < -0.3 is 9.84 Å². The topological polar surface area (TPSA) is 46.5 Å². The van der Waals surface area contributed by atoms with Crippen LogP contribution >= 0.6 is 0 Å². The molecule has 18 heavy (non-hydrogen) atoms. The number of esters is 1.